The summed E-state index contributed by atoms with van der Waals surface area (Å²) in [6, 6.07) is 3.84. The summed E-state index contributed by atoms with van der Waals surface area (Å²) in [4.78, 5) is 7.09. The van der Waals surface area contributed by atoms with Gasteiger partial charge in [-0.05, 0) is 44.5 Å². The number of aromatic nitrogens is 1. The van der Waals surface area contributed by atoms with Crippen LogP contribution in [0.4, 0.5) is 5.82 Å². The van der Waals surface area contributed by atoms with Crippen LogP contribution < -0.4 is 11.1 Å². The summed E-state index contributed by atoms with van der Waals surface area (Å²) < 4.78 is 0. The van der Waals surface area contributed by atoms with E-state index >= 15 is 0 Å². The molecule has 1 atom stereocenters. The van der Waals surface area contributed by atoms with E-state index in [0.29, 0.717) is 10.9 Å². The molecule has 3 N–H and O–H groups in total. The molecule has 0 bridgehead atoms. The van der Waals surface area contributed by atoms with E-state index in [1.165, 1.54) is 19.4 Å². The smallest absolute Gasteiger partial charge is 0.125 e. The number of likely N-dealkylation sites (tertiary alicyclic amines) is 1. The van der Waals surface area contributed by atoms with Crippen molar-refractivity contribution in [3.63, 3.8) is 0 Å². The third kappa shape index (κ3) is 3.65. The van der Waals surface area contributed by atoms with E-state index in [1.807, 2.05) is 12.1 Å². The molecule has 0 aromatic carbocycles. The van der Waals surface area contributed by atoms with Crippen molar-refractivity contribution in [1.82, 2.24) is 9.88 Å². The Morgan fingerprint density at radius 1 is 1.61 bits per heavy atom. The summed E-state index contributed by atoms with van der Waals surface area (Å²) in [5, 5.41) is 3.38. The summed E-state index contributed by atoms with van der Waals surface area (Å²) in [6.45, 7) is 3.36. The van der Waals surface area contributed by atoms with Crippen LogP contribution in [0.1, 0.15) is 18.4 Å². The van der Waals surface area contributed by atoms with Crippen LogP contribution in [-0.2, 0) is 0 Å². The maximum Gasteiger partial charge on any atom is 0.125 e. The zero-order valence-electron chi connectivity index (χ0n) is 10.7. The molecule has 2 heterocycles. The van der Waals surface area contributed by atoms with Gasteiger partial charge in [0, 0.05) is 24.8 Å². The second kappa shape index (κ2) is 6.11. The molecule has 1 aromatic heterocycles. The van der Waals surface area contributed by atoms with E-state index in [2.05, 4.69) is 22.2 Å². The van der Waals surface area contributed by atoms with Gasteiger partial charge in [-0.15, -0.1) is 0 Å². The summed E-state index contributed by atoms with van der Waals surface area (Å²) in [7, 11) is 2.18. The summed E-state index contributed by atoms with van der Waals surface area (Å²) in [5.41, 5.74) is 6.35. The lowest BCUT2D eigenvalue weighted by Crippen LogP contribution is -2.35. The Kier molecular flexibility index (Phi) is 4.49. The first kappa shape index (κ1) is 13.2. The van der Waals surface area contributed by atoms with E-state index in [-0.39, 0.29) is 0 Å². The van der Waals surface area contributed by atoms with Crippen molar-refractivity contribution >= 4 is 23.0 Å². The molecule has 1 aromatic rings. The first-order valence-electron chi connectivity index (χ1n) is 6.33. The van der Waals surface area contributed by atoms with Crippen molar-refractivity contribution in [2.24, 2.45) is 11.7 Å². The molecule has 18 heavy (non-hydrogen) atoms. The fraction of sp³-hybridized carbons (Fsp3) is 0.538. The van der Waals surface area contributed by atoms with Crippen molar-refractivity contribution in [3.8, 4) is 0 Å². The number of nitrogens with zero attached hydrogens (tertiary/aromatic N) is 2. The number of anilines is 1. The Bertz CT molecular complexity index is 404. The minimum atomic E-state index is 0.392. The normalized spacial score (nSPS) is 20.6. The highest BCUT2D eigenvalue weighted by Gasteiger charge is 2.16. The second-order valence-electron chi connectivity index (χ2n) is 4.95. The molecule has 1 aliphatic heterocycles. The number of thiocarbonyl (C=S) groups is 1. The number of piperidine rings is 1. The SMILES string of the molecule is CN1CCCC(CNc2ccc(C(N)=S)cn2)C1. The van der Waals surface area contributed by atoms with Crippen LogP contribution in [0.15, 0.2) is 18.3 Å². The fourth-order valence-electron chi connectivity index (χ4n) is 2.33. The molecular weight excluding hydrogens is 244 g/mol. The standard InChI is InChI=1S/C13H20N4S/c1-17-6-2-3-10(9-17)7-15-12-5-4-11(8-16-12)13(14)18/h4-5,8,10H,2-3,6-7,9H2,1H3,(H2,14,18)(H,15,16). The first-order valence-corrected chi connectivity index (χ1v) is 6.74. The fourth-order valence-corrected chi connectivity index (χ4v) is 2.45. The molecule has 0 radical (unpaired) electrons. The van der Waals surface area contributed by atoms with Crippen LogP contribution in [0.3, 0.4) is 0 Å². The molecule has 0 aliphatic carbocycles. The lowest BCUT2D eigenvalue weighted by atomic mass is 9.98. The quantitative estimate of drug-likeness (QED) is 0.807. The Labute approximate surface area is 114 Å². The molecule has 2 rings (SSSR count). The van der Waals surface area contributed by atoms with Gasteiger partial charge >= 0.3 is 0 Å². The average Bonchev–Trinajstić information content (AvgIpc) is 2.37. The molecule has 0 spiro atoms. The highest BCUT2D eigenvalue weighted by molar-refractivity contribution is 7.80. The van der Waals surface area contributed by atoms with E-state index in [4.69, 9.17) is 18.0 Å². The third-order valence-corrected chi connectivity index (χ3v) is 3.58. The van der Waals surface area contributed by atoms with Gasteiger partial charge in [-0.25, -0.2) is 4.98 Å². The lowest BCUT2D eigenvalue weighted by molar-refractivity contribution is 0.217. The number of nitrogens with two attached hydrogens (primary N) is 1. The van der Waals surface area contributed by atoms with Crippen LogP contribution >= 0.6 is 12.2 Å². The van der Waals surface area contributed by atoms with Crippen LogP contribution in [0.25, 0.3) is 0 Å². The van der Waals surface area contributed by atoms with Crippen LogP contribution in [0.5, 0.6) is 0 Å². The summed E-state index contributed by atoms with van der Waals surface area (Å²) in [5.74, 6) is 1.60. The van der Waals surface area contributed by atoms with Crippen molar-refractivity contribution in [2.45, 2.75) is 12.8 Å². The van der Waals surface area contributed by atoms with Crippen LogP contribution in [0.2, 0.25) is 0 Å². The maximum atomic E-state index is 5.54. The van der Waals surface area contributed by atoms with Crippen LogP contribution in [-0.4, -0.2) is 41.6 Å². The van der Waals surface area contributed by atoms with Crippen molar-refractivity contribution in [1.29, 1.82) is 0 Å². The summed E-state index contributed by atoms with van der Waals surface area (Å²) in [6.07, 6.45) is 4.30. The van der Waals surface area contributed by atoms with Gasteiger partial charge in [-0.3, -0.25) is 0 Å². The zero-order valence-corrected chi connectivity index (χ0v) is 11.5. The minimum absolute atomic E-state index is 0.392. The van der Waals surface area contributed by atoms with Gasteiger partial charge in [0.1, 0.15) is 10.8 Å². The molecule has 1 fully saturated rings. The van der Waals surface area contributed by atoms with Gasteiger partial charge in [0.2, 0.25) is 0 Å². The highest BCUT2D eigenvalue weighted by Crippen LogP contribution is 2.15. The monoisotopic (exact) mass is 264 g/mol. The van der Waals surface area contributed by atoms with Crippen molar-refractivity contribution < 1.29 is 0 Å². The van der Waals surface area contributed by atoms with Gasteiger partial charge in [-0.1, -0.05) is 12.2 Å². The predicted octanol–water partition coefficient (Wildman–Crippen LogP) is 1.47. The topological polar surface area (TPSA) is 54.2 Å². The lowest BCUT2D eigenvalue weighted by Gasteiger charge is -2.29. The van der Waals surface area contributed by atoms with E-state index in [9.17, 15) is 0 Å². The van der Waals surface area contributed by atoms with Crippen molar-refractivity contribution in [3.05, 3.63) is 23.9 Å². The molecule has 0 saturated carbocycles. The second-order valence-corrected chi connectivity index (χ2v) is 5.39. The minimum Gasteiger partial charge on any atom is -0.389 e. The number of nitrogens with one attached hydrogen (secondary N) is 1. The Balaban J connectivity index is 1.84. The van der Waals surface area contributed by atoms with Crippen molar-refractivity contribution in [2.75, 3.05) is 32.0 Å². The molecule has 4 nitrogen and oxygen atoms in total. The van der Waals surface area contributed by atoms with E-state index < -0.39 is 0 Å². The molecular formula is C13H20N4S. The number of hydrogen-bond acceptors (Lipinski definition) is 4. The van der Waals surface area contributed by atoms with Gasteiger partial charge in [-0.2, -0.15) is 0 Å². The Morgan fingerprint density at radius 3 is 3.06 bits per heavy atom. The zero-order chi connectivity index (χ0) is 13.0. The average molecular weight is 264 g/mol. The summed E-state index contributed by atoms with van der Waals surface area (Å²) >= 11 is 4.90. The largest absolute Gasteiger partial charge is 0.389 e. The molecule has 1 unspecified atom stereocenters. The highest BCUT2D eigenvalue weighted by atomic mass is 32.1. The van der Waals surface area contributed by atoms with E-state index in [1.54, 1.807) is 6.20 Å². The number of hydrogen-bond donors (Lipinski definition) is 2. The molecule has 1 aliphatic rings. The van der Waals surface area contributed by atoms with Crippen LogP contribution in [0, 0.1) is 5.92 Å². The van der Waals surface area contributed by atoms with Gasteiger partial charge in [0.25, 0.3) is 0 Å². The molecule has 98 valence electrons. The third-order valence-electron chi connectivity index (χ3n) is 3.34. The molecule has 1 saturated heterocycles. The predicted molar refractivity (Wildman–Crippen MR) is 78.8 cm³/mol. The number of pyridine rings is 1. The maximum absolute atomic E-state index is 5.54. The molecule has 5 heteroatoms. The van der Waals surface area contributed by atoms with Gasteiger partial charge in [0.05, 0.1) is 0 Å². The number of rotatable bonds is 4. The van der Waals surface area contributed by atoms with Gasteiger partial charge < -0.3 is 16.0 Å². The molecule has 0 amide bonds. The van der Waals surface area contributed by atoms with Gasteiger partial charge in [0.15, 0.2) is 0 Å². The van der Waals surface area contributed by atoms with E-state index in [0.717, 1.165) is 24.5 Å². The first-order chi connectivity index (χ1) is 8.65. The Morgan fingerprint density at radius 2 is 2.44 bits per heavy atom. The Hall–Kier alpha value is -1.20.